The number of hydrogen-bond donors (Lipinski definition) is 1. The lowest BCUT2D eigenvalue weighted by Crippen LogP contribution is -2.45. The van der Waals surface area contributed by atoms with Crippen molar-refractivity contribution in [1.82, 2.24) is 14.5 Å². The maximum Gasteiger partial charge on any atom is 0.223 e. The van der Waals surface area contributed by atoms with Crippen LogP contribution in [0.3, 0.4) is 0 Å². The number of benzene rings is 1. The molecule has 0 spiro atoms. The number of carbonyl (C=O) groups is 1. The van der Waals surface area contributed by atoms with Gasteiger partial charge in [0.15, 0.2) is 0 Å². The summed E-state index contributed by atoms with van der Waals surface area (Å²) in [6, 6.07) is 10.1. The van der Waals surface area contributed by atoms with Crippen LogP contribution in [0.15, 0.2) is 30.3 Å². The highest BCUT2D eigenvalue weighted by molar-refractivity contribution is 7.89. The first kappa shape index (κ1) is 20.3. The Morgan fingerprint density at radius 1 is 1.11 bits per heavy atom. The Morgan fingerprint density at radius 3 is 2.33 bits per heavy atom. The van der Waals surface area contributed by atoms with Crippen molar-refractivity contribution in [2.75, 3.05) is 38.5 Å². The fourth-order valence-electron chi connectivity index (χ4n) is 4.01. The summed E-state index contributed by atoms with van der Waals surface area (Å²) in [5.41, 5.74) is 1.13. The van der Waals surface area contributed by atoms with E-state index in [1.807, 2.05) is 18.2 Å². The van der Waals surface area contributed by atoms with E-state index in [0.29, 0.717) is 25.9 Å². The van der Waals surface area contributed by atoms with E-state index < -0.39 is 10.0 Å². The fraction of sp³-hybridized carbons (Fsp3) is 0.650. The Morgan fingerprint density at radius 2 is 1.74 bits per heavy atom. The molecule has 7 heteroatoms. The number of hydrogen-bond acceptors (Lipinski definition) is 4. The molecule has 1 aromatic rings. The van der Waals surface area contributed by atoms with Gasteiger partial charge in [-0.15, -0.1) is 0 Å². The molecule has 150 valence electrons. The molecule has 0 radical (unpaired) electrons. The molecule has 1 aromatic carbocycles. The zero-order valence-electron chi connectivity index (χ0n) is 16.1. The van der Waals surface area contributed by atoms with Crippen molar-refractivity contribution in [2.24, 2.45) is 5.92 Å². The van der Waals surface area contributed by atoms with E-state index in [4.69, 9.17) is 0 Å². The van der Waals surface area contributed by atoms with Crippen LogP contribution in [0.1, 0.15) is 44.2 Å². The first-order chi connectivity index (χ1) is 13.0. The summed E-state index contributed by atoms with van der Waals surface area (Å²) in [6.07, 6.45) is 3.63. The Balaban J connectivity index is 1.61. The van der Waals surface area contributed by atoms with Gasteiger partial charge in [0, 0.05) is 25.6 Å². The molecule has 2 fully saturated rings. The topological polar surface area (TPSA) is 69.7 Å². The monoisotopic (exact) mass is 393 g/mol. The lowest BCUT2D eigenvalue weighted by molar-refractivity contribution is -0.127. The molecule has 27 heavy (non-hydrogen) atoms. The van der Waals surface area contributed by atoms with Gasteiger partial charge in [-0.1, -0.05) is 30.3 Å². The molecule has 3 rings (SSSR count). The van der Waals surface area contributed by atoms with Crippen molar-refractivity contribution >= 4 is 15.9 Å². The average molecular weight is 394 g/mol. The van der Waals surface area contributed by atoms with Crippen LogP contribution in [0.25, 0.3) is 0 Å². The number of piperidine rings is 1. The van der Waals surface area contributed by atoms with Crippen molar-refractivity contribution in [3.63, 3.8) is 0 Å². The third-order valence-electron chi connectivity index (χ3n) is 5.74. The first-order valence-corrected chi connectivity index (χ1v) is 11.7. The molecule has 1 amide bonds. The molecule has 2 heterocycles. The minimum Gasteiger partial charge on any atom is -0.348 e. The van der Waals surface area contributed by atoms with Crippen molar-refractivity contribution < 1.29 is 13.2 Å². The lowest BCUT2D eigenvalue weighted by atomic mass is 9.96. The standard InChI is InChI=1S/C20H31N3O3S/c1-2-27(25,26)23-14-10-18(11-15-23)20(24)21-19(16-22-12-6-7-13-22)17-8-4-3-5-9-17/h3-5,8-9,18-19H,2,6-7,10-16H2,1H3,(H,21,24). The van der Waals surface area contributed by atoms with E-state index in [-0.39, 0.29) is 23.6 Å². The fourth-order valence-corrected chi connectivity index (χ4v) is 5.14. The summed E-state index contributed by atoms with van der Waals surface area (Å²) in [6.45, 7) is 5.56. The predicted octanol–water partition coefficient (Wildman–Crippen LogP) is 2.00. The molecule has 6 nitrogen and oxygen atoms in total. The van der Waals surface area contributed by atoms with Gasteiger partial charge in [-0.3, -0.25) is 4.79 Å². The van der Waals surface area contributed by atoms with Crippen LogP contribution in [-0.2, 0) is 14.8 Å². The van der Waals surface area contributed by atoms with Gasteiger partial charge >= 0.3 is 0 Å². The van der Waals surface area contributed by atoms with Gasteiger partial charge in [0.1, 0.15) is 0 Å². The quantitative estimate of drug-likeness (QED) is 0.769. The summed E-state index contributed by atoms with van der Waals surface area (Å²) in [5, 5.41) is 3.25. The number of carbonyl (C=O) groups excluding carboxylic acids is 1. The van der Waals surface area contributed by atoms with Gasteiger partial charge < -0.3 is 10.2 Å². The van der Waals surface area contributed by atoms with E-state index in [0.717, 1.165) is 25.2 Å². The molecule has 0 bridgehead atoms. The van der Waals surface area contributed by atoms with Crippen LogP contribution in [0.2, 0.25) is 0 Å². The third kappa shape index (κ3) is 5.30. The van der Waals surface area contributed by atoms with Crippen LogP contribution in [0.4, 0.5) is 0 Å². The van der Waals surface area contributed by atoms with E-state index in [9.17, 15) is 13.2 Å². The Hall–Kier alpha value is -1.44. The van der Waals surface area contributed by atoms with Gasteiger partial charge in [-0.05, 0) is 51.3 Å². The average Bonchev–Trinajstić information content (AvgIpc) is 3.21. The summed E-state index contributed by atoms with van der Waals surface area (Å²) in [4.78, 5) is 15.3. The molecule has 2 aliphatic heterocycles. The number of amides is 1. The van der Waals surface area contributed by atoms with E-state index in [1.165, 1.54) is 17.1 Å². The van der Waals surface area contributed by atoms with E-state index >= 15 is 0 Å². The van der Waals surface area contributed by atoms with Crippen LogP contribution in [-0.4, -0.2) is 62.0 Å². The van der Waals surface area contributed by atoms with Gasteiger partial charge in [-0.25, -0.2) is 12.7 Å². The van der Waals surface area contributed by atoms with Crippen LogP contribution in [0, 0.1) is 5.92 Å². The number of nitrogens with one attached hydrogen (secondary N) is 1. The Labute approximate surface area is 163 Å². The molecule has 0 saturated carbocycles. The number of likely N-dealkylation sites (tertiary alicyclic amines) is 1. The summed E-state index contributed by atoms with van der Waals surface area (Å²) >= 11 is 0. The highest BCUT2D eigenvalue weighted by atomic mass is 32.2. The highest BCUT2D eigenvalue weighted by Crippen LogP contribution is 2.23. The third-order valence-corrected chi connectivity index (χ3v) is 7.62. The van der Waals surface area contributed by atoms with Gasteiger partial charge in [0.25, 0.3) is 0 Å². The zero-order chi connectivity index (χ0) is 19.3. The molecule has 2 aliphatic rings. The van der Waals surface area contributed by atoms with Crippen LogP contribution >= 0.6 is 0 Å². The second-order valence-electron chi connectivity index (χ2n) is 7.55. The summed E-state index contributed by atoms with van der Waals surface area (Å²) in [7, 11) is -3.16. The smallest absolute Gasteiger partial charge is 0.223 e. The maximum absolute atomic E-state index is 12.9. The minimum atomic E-state index is -3.16. The van der Waals surface area contributed by atoms with Crippen molar-refractivity contribution in [3.05, 3.63) is 35.9 Å². The zero-order valence-corrected chi connectivity index (χ0v) is 17.0. The summed E-state index contributed by atoms with van der Waals surface area (Å²) < 4.78 is 25.5. The molecule has 1 unspecified atom stereocenters. The Kier molecular flexibility index (Phi) is 6.89. The molecule has 1 N–H and O–H groups in total. The predicted molar refractivity (Wildman–Crippen MR) is 107 cm³/mol. The van der Waals surface area contributed by atoms with E-state index in [1.54, 1.807) is 6.92 Å². The molecule has 1 atom stereocenters. The van der Waals surface area contributed by atoms with Crippen LogP contribution in [0.5, 0.6) is 0 Å². The molecule has 0 aromatic heterocycles. The number of rotatable bonds is 7. The second kappa shape index (κ2) is 9.17. The van der Waals surface area contributed by atoms with Gasteiger partial charge in [0.05, 0.1) is 11.8 Å². The van der Waals surface area contributed by atoms with Crippen molar-refractivity contribution in [1.29, 1.82) is 0 Å². The first-order valence-electron chi connectivity index (χ1n) is 10.0. The maximum atomic E-state index is 12.9. The molecule has 0 aliphatic carbocycles. The normalized spacial score (nSPS) is 21.2. The molecular weight excluding hydrogens is 362 g/mol. The largest absolute Gasteiger partial charge is 0.348 e. The highest BCUT2D eigenvalue weighted by Gasteiger charge is 2.31. The van der Waals surface area contributed by atoms with Gasteiger partial charge in [0.2, 0.25) is 15.9 Å². The minimum absolute atomic E-state index is 0.0193. The van der Waals surface area contributed by atoms with E-state index in [2.05, 4.69) is 22.3 Å². The lowest BCUT2D eigenvalue weighted by Gasteiger charge is -2.32. The number of sulfonamides is 1. The van der Waals surface area contributed by atoms with Crippen molar-refractivity contribution in [2.45, 2.75) is 38.6 Å². The second-order valence-corrected chi connectivity index (χ2v) is 9.81. The van der Waals surface area contributed by atoms with Crippen LogP contribution < -0.4 is 5.32 Å². The SMILES string of the molecule is CCS(=O)(=O)N1CCC(C(=O)NC(CN2CCCC2)c2ccccc2)CC1. The summed E-state index contributed by atoms with van der Waals surface area (Å²) in [5.74, 6) is 0.0603. The number of nitrogens with zero attached hydrogens (tertiary/aromatic N) is 2. The van der Waals surface area contributed by atoms with Gasteiger partial charge in [-0.2, -0.15) is 0 Å². The Bertz CT molecular complexity index is 709. The van der Waals surface area contributed by atoms with Crippen molar-refractivity contribution in [3.8, 4) is 0 Å². The molecule has 2 saturated heterocycles. The molecular formula is C20H31N3O3S.